The Balaban J connectivity index is 2.19. The molecule has 0 saturated carbocycles. The Kier molecular flexibility index (Phi) is 3.97. The van der Waals surface area contributed by atoms with E-state index in [0.29, 0.717) is 5.69 Å². The maximum Gasteiger partial charge on any atom is 0.158 e. The van der Waals surface area contributed by atoms with Crippen molar-refractivity contribution in [3.8, 4) is 0 Å². The first-order valence-electron chi connectivity index (χ1n) is 5.82. The quantitative estimate of drug-likeness (QED) is 0.924. The monoisotopic (exact) mass is 289 g/mol. The van der Waals surface area contributed by atoms with E-state index >= 15 is 0 Å². The van der Waals surface area contributed by atoms with Crippen LogP contribution in [0.2, 0.25) is 0 Å². The van der Waals surface area contributed by atoms with Gasteiger partial charge in [0.2, 0.25) is 0 Å². The summed E-state index contributed by atoms with van der Waals surface area (Å²) in [7, 11) is 0. The van der Waals surface area contributed by atoms with Crippen molar-refractivity contribution >= 4 is 15.9 Å². The lowest BCUT2D eigenvalue weighted by molar-refractivity contribution is 0.253. The largest absolute Gasteiger partial charge is 0.311 e. The number of hydrogen-bond acceptors (Lipinski definition) is 2. The molecular formula is C11H17BrFN3. The van der Waals surface area contributed by atoms with Gasteiger partial charge in [-0.25, -0.2) is 4.39 Å². The third-order valence-electron chi connectivity index (χ3n) is 2.98. The van der Waals surface area contributed by atoms with Crippen molar-refractivity contribution in [3.63, 3.8) is 0 Å². The van der Waals surface area contributed by atoms with Crippen LogP contribution >= 0.6 is 15.9 Å². The molecule has 0 amide bonds. The van der Waals surface area contributed by atoms with Gasteiger partial charge in [0.15, 0.2) is 6.17 Å². The van der Waals surface area contributed by atoms with Crippen LogP contribution in [0, 0.1) is 0 Å². The minimum atomic E-state index is -0.967. The van der Waals surface area contributed by atoms with Gasteiger partial charge < -0.3 is 5.32 Å². The molecule has 2 unspecified atom stereocenters. The molecule has 1 aliphatic rings. The first-order chi connectivity index (χ1) is 7.74. The third kappa shape index (κ3) is 2.30. The number of aryl methyl sites for hydroxylation is 1. The van der Waals surface area contributed by atoms with Gasteiger partial charge >= 0.3 is 0 Å². The SMILES string of the molecule is CCCn1ncc(Br)c1C(F)C1CCCN1. The highest BCUT2D eigenvalue weighted by Crippen LogP contribution is 2.31. The summed E-state index contributed by atoms with van der Waals surface area (Å²) >= 11 is 3.38. The van der Waals surface area contributed by atoms with E-state index in [1.807, 2.05) is 0 Å². The Morgan fingerprint density at radius 1 is 1.75 bits per heavy atom. The molecule has 3 nitrogen and oxygen atoms in total. The summed E-state index contributed by atoms with van der Waals surface area (Å²) in [5.41, 5.74) is 0.682. The molecular weight excluding hydrogens is 273 g/mol. The molecule has 16 heavy (non-hydrogen) atoms. The maximum atomic E-state index is 14.4. The molecule has 90 valence electrons. The lowest BCUT2D eigenvalue weighted by atomic mass is 10.1. The van der Waals surface area contributed by atoms with Gasteiger partial charge in [-0.1, -0.05) is 6.92 Å². The van der Waals surface area contributed by atoms with Crippen molar-refractivity contribution in [2.75, 3.05) is 6.54 Å². The molecule has 2 rings (SSSR count). The molecule has 1 aliphatic heterocycles. The van der Waals surface area contributed by atoms with Gasteiger partial charge in [-0.05, 0) is 41.7 Å². The molecule has 1 saturated heterocycles. The average molecular weight is 290 g/mol. The molecule has 1 aromatic heterocycles. The molecule has 0 spiro atoms. The summed E-state index contributed by atoms with van der Waals surface area (Å²) in [5, 5.41) is 7.40. The number of halogens is 2. The second-order valence-electron chi connectivity index (χ2n) is 4.21. The van der Waals surface area contributed by atoms with E-state index in [1.165, 1.54) is 0 Å². The Bertz CT molecular complexity index is 347. The predicted octanol–water partition coefficient (Wildman–Crippen LogP) is 2.82. The molecule has 0 radical (unpaired) electrons. The van der Waals surface area contributed by atoms with E-state index in [9.17, 15) is 4.39 Å². The molecule has 2 heterocycles. The molecule has 1 fully saturated rings. The van der Waals surface area contributed by atoms with Crippen molar-refractivity contribution in [3.05, 3.63) is 16.4 Å². The number of nitrogens with zero attached hydrogens (tertiary/aromatic N) is 2. The van der Waals surface area contributed by atoms with Crippen LogP contribution in [0.15, 0.2) is 10.7 Å². The summed E-state index contributed by atoms with van der Waals surface area (Å²) in [6, 6.07) is -0.0522. The fourth-order valence-corrected chi connectivity index (χ4v) is 2.70. The number of hydrogen-bond donors (Lipinski definition) is 1. The van der Waals surface area contributed by atoms with E-state index in [0.717, 1.165) is 36.8 Å². The highest BCUT2D eigenvalue weighted by atomic mass is 79.9. The van der Waals surface area contributed by atoms with Gasteiger partial charge in [-0.3, -0.25) is 4.68 Å². The summed E-state index contributed by atoms with van der Waals surface area (Å²) in [6.07, 6.45) is 3.65. The zero-order valence-corrected chi connectivity index (χ0v) is 11.0. The zero-order chi connectivity index (χ0) is 11.5. The van der Waals surface area contributed by atoms with Crippen LogP contribution in [0.1, 0.15) is 38.1 Å². The van der Waals surface area contributed by atoms with Crippen molar-refractivity contribution in [1.29, 1.82) is 0 Å². The Labute approximate surface area is 104 Å². The smallest absolute Gasteiger partial charge is 0.158 e. The van der Waals surface area contributed by atoms with E-state index < -0.39 is 6.17 Å². The lowest BCUT2D eigenvalue weighted by Gasteiger charge is -2.18. The summed E-state index contributed by atoms with van der Waals surface area (Å²) < 4.78 is 16.9. The lowest BCUT2D eigenvalue weighted by Crippen LogP contribution is -2.28. The minimum absolute atomic E-state index is 0.0522. The highest BCUT2D eigenvalue weighted by molar-refractivity contribution is 9.10. The molecule has 2 atom stereocenters. The van der Waals surface area contributed by atoms with Gasteiger partial charge in [0.05, 0.1) is 16.4 Å². The number of aromatic nitrogens is 2. The Hall–Kier alpha value is -0.420. The van der Waals surface area contributed by atoms with Crippen LogP contribution in [-0.4, -0.2) is 22.4 Å². The number of nitrogens with one attached hydrogen (secondary N) is 1. The number of alkyl halides is 1. The highest BCUT2D eigenvalue weighted by Gasteiger charge is 2.30. The third-order valence-corrected chi connectivity index (χ3v) is 3.59. The molecule has 0 aromatic carbocycles. The van der Waals surface area contributed by atoms with Crippen LogP contribution in [0.5, 0.6) is 0 Å². The van der Waals surface area contributed by atoms with Crippen molar-refractivity contribution in [2.24, 2.45) is 0 Å². The summed E-state index contributed by atoms with van der Waals surface area (Å²) in [4.78, 5) is 0. The standard InChI is InChI=1S/C11H17BrFN3/c1-2-6-16-11(8(12)7-15-16)10(13)9-4-3-5-14-9/h7,9-10,14H,2-6H2,1H3. The maximum absolute atomic E-state index is 14.4. The molecule has 0 aliphatic carbocycles. The van der Waals surface area contributed by atoms with Crippen molar-refractivity contribution in [2.45, 2.75) is 44.9 Å². The van der Waals surface area contributed by atoms with E-state index in [1.54, 1.807) is 10.9 Å². The van der Waals surface area contributed by atoms with Crippen molar-refractivity contribution in [1.82, 2.24) is 15.1 Å². The first kappa shape index (κ1) is 12.0. The van der Waals surface area contributed by atoms with Crippen LogP contribution in [-0.2, 0) is 6.54 Å². The minimum Gasteiger partial charge on any atom is -0.311 e. The van der Waals surface area contributed by atoms with Gasteiger partial charge in [-0.15, -0.1) is 0 Å². The van der Waals surface area contributed by atoms with E-state index in [4.69, 9.17) is 0 Å². The van der Waals surface area contributed by atoms with Gasteiger partial charge in [0.1, 0.15) is 0 Å². The van der Waals surface area contributed by atoms with Gasteiger partial charge in [0.25, 0.3) is 0 Å². The number of rotatable bonds is 4. The van der Waals surface area contributed by atoms with Crippen LogP contribution in [0.3, 0.4) is 0 Å². The second kappa shape index (κ2) is 5.27. The van der Waals surface area contributed by atoms with Crippen LogP contribution in [0.4, 0.5) is 4.39 Å². The van der Waals surface area contributed by atoms with Crippen LogP contribution in [0.25, 0.3) is 0 Å². The topological polar surface area (TPSA) is 29.9 Å². The Morgan fingerprint density at radius 2 is 2.56 bits per heavy atom. The van der Waals surface area contributed by atoms with Gasteiger partial charge in [-0.2, -0.15) is 5.10 Å². The molecule has 0 bridgehead atoms. The van der Waals surface area contributed by atoms with E-state index in [2.05, 4.69) is 33.3 Å². The molecule has 1 aromatic rings. The van der Waals surface area contributed by atoms with E-state index in [-0.39, 0.29) is 6.04 Å². The Morgan fingerprint density at radius 3 is 3.19 bits per heavy atom. The summed E-state index contributed by atoms with van der Waals surface area (Å²) in [6.45, 7) is 3.76. The zero-order valence-electron chi connectivity index (χ0n) is 9.42. The first-order valence-corrected chi connectivity index (χ1v) is 6.62. The van der Waals surface area contributed by atoms with Crippen LogP contribution < -0.4 is 5.32 Å². The fraction of sp³-hybridized carbons (Fsp3) is 0.727. The molecule has 1 N–H and O–H groups in total. The normalized spacial score (nSPS) is 22.6. The predicted molar refractivity (Wildman–Crippen MR) is 65.1 cm³/mol. The average Bonchev–Trinajstić information content (AvgIpc) is 2.88. The molecule has 5 heteroatoms. The second-order valence-corrected chi connectivity index (χ2v) is 5.06. The van der Waals surface area contributed by atoms with Gasteiger partial charge in [0, 0.05) is 12.6 Å². The fourth-order valence-electron chi connectivity index (χ4n) is 2.19. The van der Waals surface area contributed by atoms with Crippen molar-refractivity contribution < 1.29 is 4.39 Å². The summed E-state index contributed by atoms with van der Waals surface area (Å²) in [5.74, 6) is 0.